The molecule has 1 heterocycles. The van der Waals surface area contributed by atoms with Gasteiger partial charge in [-0.1, -0.05) is 15.9 Å². The first-order valence-electron chi connectivity index (χ1n) is 7.28. The average Bonchev–Trinajstić information content (AvgIpc) is 2.55. The van der Waals surface area contributed by atoms with Gasteiger partial charge in [0, 0.05) is 22.7 Å². The Hall–Kier alpha value is -1.81. The number of rotatable bonds is 3. The van der Waals surface area contributed by atoms with E-state index in [4.69, 9.17) is 9.72 Å². The van der Waals surface area contributed by atoms with Crippen LogP contribution in [-0.4, -0.2) is 31.7 Å². The average molecular weight is 429 g/mol. The summed E-state index contributed by atoms with van der Waals surface area (Å²) in [6.07, 6.45) is 0. The molecule has 2 aromatic carbocycles. The predicted octanol–water partition coefficient (Wildman–Crippen LogP) is 2.47. The molecule has 25 heavy (non-hydrogen) atoms. The SMILES string of the molecule is CCOc1ccc2c(c1)nc1cc(Br)ccc1[n+]2C.COS(=O)(=O)[O-]. The maximum Gasteiger partial charge on any atom is 0.231 e. The lowest BCUT2D eigenvalue weighted by molar-refractivity contribution is -0.617. The second-order valence-electron chi connectivity index (χ2n) is 4.96. The summed E-state index contributed by atoms with van der Waals surface area (Å²) in [5, 5.41) is 0. The number of hydrogen-bond acceptors (Lipinski definition) is 6. The zero-order valence-corrected chi connectivity index (χ0v) is 16.3. The molecule has 0 aliphatic carbocycles. The fraction of sp³-hybridized carbons (Fsp3) is 0.250. The van der Waals surface area contributed by atoms with Crippen LogP contribution in [0.25, 0.3) is 22.1 Å². The van der Waals surface area contributed by atoms with Crippen molar-refractivity contribution in [2.75, 3.05) is 13.7 Å². The third-order valence-electron chi connectivity index (χ3n) is 3.36. The van der Waals surface area contributed by atoms with Gasteiger partial charge in [0.2, 0.25) is 21.4 Å². The smallest absolute Gasteiger partial charge is 0.231 e. The quantitative estimate of drug-likeness (QED) is 0.275. The van der Waals surface area contributed by atoms with Crippen molar-refractivity contribution in [3.63, 3.8) is 0 Å². The molecule has 0 unspecified atom stereocenters. The number of nitrogens with zero attached hydrogens (tertiary/aromatic N) is 2. The first-order valence-corrected chi connectivity index (χ1v) is 9.41. The van der Waals surface area contributed by atoms with Crippen molar-refractivity contribution in [2.24, 2.45) is 7.05 Å². The molecule has 9 heteroatoms. The predicted molar refractivity (Wildman–Crippen MR) is 96.0 cm³/mol. The molecule has 7 nitrogen and oxygen atoms in total. The molecule has 0 aliphatic heterocycles. The largest absolute Gasteiger partial charge is 0.726 e. The van der Waals surface area contributed by atoms with Gasteiger partial charge in [-0.3, -0.25) is 4.18 Å². The van der Waals surface area contributed by atoms with Gasteiger partial charge in [-0.15, -0.1) is 0 Å². The lowest BCUT2D eigenvalue weighted by Gasteiger charge is -2.05. The lowest BCUT2D eigenvalue weighted by atomic mass is 10.2. The van der Waals surface area contributed by atoms with E-state index in [0.29, 0.717) is 6.61 Å². The van der Waals surface area contributed by atoms with Gasteiger partial charge in [0.25, 0.3) is 0 Å². The van der Waals surface area contributed by atoms with Crippen molar-refractivity contribution >= 4 is 48.4 Å². The summed E-state index contributed by atoms with van der Waals surface area (Å²) in [5.41, 5.74) is 4.12. The van der Waals surface area contributed by atoms with Gasteiger partial charge in [0.1, 0.15) is 23.8 Å². The maximum absolute atomic E-state index is 9.22. The third kappa shape index (κ3) is 5.08. The molecular weight excluding hydrogens is 412 g/mol. The minimum absolute atomic E-state index is 0.663. The van der Waals surface area contributed by atoms with Crippen LogP contribution in [0.2, 0.25) is 0 Å². The van der Waals surface area contributed by atoms with E-state index in [0.717, 1.165) is 39.4 Å². The lowest BCUT2D eigenvalue weighted by Crippen LogP contribution is -2.30. The van der Waals surface area contributed by atoms with E-state index < -0.39 is 10.4 Å². The van der Waals surface area contributed by atoms with Crippen LogP contribution in [0.1, 0.15) is 6.92 Å². The Bertz CT molecular complexity index is 1010. The standard InChI is InChI=1S/C15H14BrN2O.CH4O4S/c1-3-19-11-5-7-15-13(9-11)17-12-8-10(16)4-6-14(12)18(15)2;1-5-6(2,3)4/h4-9H,3H2,1-2H3;1H3,(H,2,3,4)/q+1;/p-1. The van der Waals surface area contributed by atoms with E-state index in [-0.39, 0.29) is 0 Å². The van der Waals surface area contributed by atoms with E-state index in [2.05, 4.69) is 43.9 Å². The minimum Gasteiger partial charge on any atom is -0.726 e. The summed E-state index contributed by atoms with van der Waals surface area (Å²) in [5.74, 6) is 0.858. The fourth-order valence-corrected chi connectivity index (χ4v) is 2.61. The van der Waals surface area contributed by atoms with Gasteiger partial charge in [0.15, 0.2) is 0 Å². The molecule has 0 atom stereocenters. The van der Waals surface area contributed by atoms with E-state index in [1.807, 2.05) is 31.2 Å². The zero-order chi connectivity index (χ0) is 18.6. The van der Waals surface area contributed by atoms with Gasteiger partial charge >= 0.3 is 0 Å². The molecule has 3 aromatic rings. The van der Waals surface area contributed by atoms with Crippen molar-refractivity contribution in [1.82, 2.24) is 4.98 Å². The van der Waals surface area contributed by atoms with E-state index in [1.165, 1.54) is 0 Å². The summed E-state index contributed by atoms with van der Waals surface area (Å²) in [6.45, 7) is 2.64. The molecule has 0 spiro atoms. The van der Waals surface area contributed by atoms with Gasteiger partial charge in [-0.2, -0.15) is 4.57 Å². The van der Waals surface area contributed by atoms with Crippen LogP contribution in [0, 0.1) is 0 Å². The highest BCUT2D eigenvalue weighted by molar-refractivity contribution is 9.10. The summed E-state index contributed by atoms with van der Waals surface area (Å²) < 4.78 is 39.7. The Morgan fingerprint density at radius 3 is 2.28 bits per heavy atom. The van der Waals surface area contributed by atoms with Crippen molar-refractivity contribution in [3.8, 4) is 5.75 Å². The van der Waals surface area contributed by atoms with Crippen LogP contribution in [0.15, 0.2) is 40.9 Å². The van der Waals surface area contributed by atoms with Crippen molar-refractivity contribution in [1.29, 1.82) is 0 Å². The molecule has 3 rings (SSSR count). The van der Waals surface area contributed by atoms with Crippen LogP contribution in [0.3, 0.4) is 0 Å². The summed E-state index contributed by atoms with van der Waals surface area (Å²) >= 11 is 3.49. The highest BCUT2D eigenvalue weighted by Crippen LogP contribution is 2.21. The number of fused-ring (bicyclic) bond motifs is 2. The summed E-state index contributed by atoms with van der Waals surface area (Å²) in [6, 6.07) is 12.2. The van der Waals surface area contributed by atoms with E-state index in [1.54, 1.807) is 0 Å². The van der Waals surface area contributed by atoms with Crippen molar-refractivity contribution in [2.45, 2.75) is 6.92 Å². The van der Waals surface area contributed by atoms with E-state index in [9.17, 15) is 13.0 Å². The second-order valence-corrected chi connectivity index (χ2v) is 7.03. The normalized spacial score (nSPS) is 11.2. The molecule has 1 aromatic heterocycles. The Balaban J connectivity index is 0.000000326. The molecular formula is C16H17BrN2O5S. The third-order valence-corrected chi connectivity index (χ3v) is 4.26. The number of aromatic nitrogens is 2. The van der Waals surface area contributed by atoms with Crippen LogP contribution in [0.5, 0.6) is 5.75 Å². The van der Waals surface area contributed by atoms with E-state index >= 15 is 0 Å². The molecule has 0 aliphatic rings. The van der Waals surface area contributed by atoms with Gasteiger partial charge in [-0.25, -0.2) is 13.4 Å². The van der Waals surface area contributed by atoms with Gasteiger partial charge < -0.3 is 9.29 Å². The fourth-order valence-electron chi connectivity index (χ4n) is 2.26. The van der Waals surface area contributed by atoms with Crippen LogP contribution in [0.4, 0.5) is 0 Å². The first kappa shape index (κ1) is 19.5. The van der Waals surface area contributed by atoms with Gasteiger partial charge in [0.05, 0.1) is 13.7 Å². The Labute approximate surface area is 154 Å². The second kappa shape index (κ2) is 8.05. The number of ether oxygens (including phenoxy) is 1. The molecule has 0 fully saturated rings. The summed E-state index contributed by atoms with van der Waals surface area (Å²) in [4.78, 5) is 4.71. The number of hydrogen-bond donors (Lipinski definition) is 0. The van der Waals surface area contributed by atoms with Gasteiger partial charge in [-0.05, 0) is 25.1 Å². The Morgan fingerprint density at radius 2 is 1.72 bits per heavy atom. The molecule has 0 saturated carbocycles. The molecule has 0 saturated heterocycles. The number of benzene rings is 2. The zero-order valence-electron chi connectivity index (χ0n) is 13.9. The van der Waals surface area contributed by atoms with Crippen molar-refractivity contribution in [3.05, 3.63) is 40.9 Å². The highest BCUT2D eigenvalue weighted by atomic mass is 79.9. The monoisotopic (exact) mass is 428 g/mol. The Morgan fingerprint density at radius 1 is 1.16 bits per heavy atom. The highest BCUT2D eigenvalue weighted by Gasteiger charge is 2.13. The van der Waals surface area contributed by atoms with Crippen molar-refractivity contribution < 1.29 is 26.5 Å². The number of halogens is 1. The maximum atomic E-state index is 9.22. The molecule has 134 valence electrons. The topological polar surface area (TPSA) is 92.4 Å². The molecule has 0 amide bonds. The Kier molecular flexibility index (Phi) is 6.28. The number of aryl methyl sites for hydroxylation is 1. The molecule has 0 radical (unpaired) electrons. The molecule has 0 bridgehead atoms. The molecule has 0 N–H and O–H groups in total. The summed E-state index contributed by atoms with van der Waals surface area (Å²) in [7, 11) is -1.55. The first-order chi connectivity index (χ1) is 11.7. The van der Waals surface area contributed by atoms with Crippen LogP contribution in [-0.2, 0) is 21.6 Å². The van der Waals surface area contributed by atoms with Crippen LogP contribution >= 0.6 is 15.9 Å². The van der Waals surface area contributed by atoms with Crippen LogP contribution < -0.4 is 9.30 Å². The minimum atomic E-state index is -4.41.